The van der Waals surface area contributed by atoms with Crippen LogP contribution < -0.4 is 9.64 Å². The van der Waals surface area contributed by atoms with Crippen LogP contribution >= 0.6 is 0 Å². The summed E-state index contributed by atoms with van der Waals surface area (Å²) >= 11 is 0. The first kappa shape index (κ1) is 13.4. The molecule has 102 valence electrons. The average Bonchev–Trinajstić information content (AvgIpc) is 2.46. The lowest BCUT2D eigenvalue weighted by Gasteiger charge is -2.27. The Morgan fingerprint density at radius 1 is 1.26 bits per heavy atom. The van der Waals surface area contributed by atoms with Gasteiger partial charge in [-0.1, -0.05) is 0 Å². The molecule has 0 radical (unpaired) electrons. The number of methoxy groups -OCH3 is 2. The summed E-state index contributed by atoms with van der Waals surface area (Å²) in [7, 11) is 2.81. The number of hydrogen-bond donors (Lipinski definition) is 0. The van der Waals surface area contributed by atoms with E-state index in [9.17, 15) is 9.59 Å². The van der Waals surface area contributed by atoms with Gasteiger partial charge in [-0.3, -0.25) is 4.79 Å². The summed E-state index contributed by atoms with van der Waals surface area (Å²) in [5.41, 5.74) is 1.12. The van der Waals surface area contributed by atoms with Gasteiger partial charge in [0.25, 0.3) is 0 Å². The Labute approximate surface area is 112 Å². The first-order valence-electron chi connectivity index (χ1n) is 6.24. The van der Waals surface area contributed by atoms with E-state index in [0.29, 0.717) is 24.3 Å². The maximum atomic E-state index is 11.9. The van der Waals surface area contributed by atoms with Crippen molar-refractivity contribution < 1.29 is 19.1 Å². The fourth-order valence-electron chi connectivity index (χ4n) is 2.21. The van der Waals surface area contributed by atoms with E-state index in [2.05, 4.69) is 4.74 Å². The van der Waals surface area contributed by atoms with Crippen molar-refractivity contribution in [2.45, 2.75) is 19.3 Å². The minimum Gasteiger partial charge on any atom is -0.496 e. The van der Waals surface area contributed by atoms with Gasteiger partial charge in [0.1, 0.15) is 11.3 Å². The van der Waals surface area contributed by atoms with Gasteiger partial charge in [0.15, 0.2) is 0 Å². The molecule has 1 aliphatic rings. The number of ether oxygens (including phenoxy) is 2. The molecule has 0 aromatic heterocycles. The molecule has 1 amide bonds. The third-order valence-electron chi connectivity index (χ3n) is 3.23. The summed E-state index contributed by atoms with van der Waals surface area (Å²) < 4.78 is 9.88. The molecule has 1 aliphatic heterocycles. The monoisotopic (exact) mass is 263 g/mol. The Morgan fingerprint density at radius 2 is 2.05 bits per heavy atom. The zero-order valence-corrected chi connectivity index (χ0v) is 11.1. The molecule has 0 aliphatic carbocycles. The van der Waals surface area contributed by atoms with E-state index in [0.717, 1.165) is 18.5 Å². The Hall–Kier alpha value is -2.04. The highest BCUT2D eigenvalue weighted by Gasteiger charge is 2.21. The van der Waals surface area contributed by atoms with Crippen LogP contribution in [-0.4, -0.2) is 32.6 Å². The largest absolute Gasteiger partial charge is 0.496 e. The molecule has 0 spiro atoms. The molecule has 0 atom stereocenters. The van der Waals surface area contributed by atoms with E-state index in [1.807, 2.05) is 0 Å². The minimum atomic E-state index is -0.451. The molecule has 19 heavy (non-hydrogen) atoms. The van der Waals surface area contributed by atoms with Gasteiger partial charge in [-0.2, -0.15) is 0 Å². The van der Waals surface area contributed by atoms with Crippen molar-refractivity contribution in [3.8, 4) is 5.75 Å². The van der Waals surface area contributed by atoms with Crippen LogP contribution in [0.25, 0.3) is 0 Å². The van der Waals surface area contributed by atoms with E-state index >= 15 is 0 Å². The lowest BCUT2D eigenvalue weighted by molar-refractivity contribution is -0.119. The van der Waals surface area contributed by atoms with Crippen LogP contribution in [0.4, 0.5) is 5.69 Å². The highest BCUT2D eigenvalue weighted by molar-refractivity contribution is 5.97. The van der Waals surface area contributed by atoms with E-state index < -0.39 is 5.97 Å². The van der Waals surface area contributed by atoms with Crippen LogP contribution in [0, 0.1) is 0 Å². The number of amides is 1. The zero-order valence-electron chi connectivity index (χ0n) is 11.1. The highest BCUT2D eigenvalue weighted by atomic mass is 16.5. The normalized spacial score (nSPS) is 15.3. The summed E-state index contributed by atoms with van der Waals surface area (Å²) in [6.45, 7) is 0.708. The van der Waals surface area contributed by atoms with Crippen LogP contribution in [0.5, 0.6) is 5.75 Å². The van der Waals surface area contributed by atoms with Gasteiger partial charge in [0.2, 0.25) is 5.91 Å². The van der Waals surface area contributed by atoms with Gasteiger partial charge < -0.3 is 14.4 Å². The predicted molar refractivity (Wildman–Crippen MR) is 70.5 cm³/mol. The van der Waals surface area contributed by atoms with Crippen molar-refractivity contribution in [2.24, 2.45) is 0 Å². The average molecular weight is 263 g/mol. The number of benzene rings is 1. The van der Waals surface area contributed by atoms with E-state index in [-0.39, 0.29) is 5.91 Å². The van der Waals surface area contributed by atoms with Crippen LogP contribution in [0.1, 0.15) is 29.6 Å². The summed E-state index contributed by atoms with van der Waals surface area (Å²) in [6.07, 6.45) is 2.50. The molecule has 1 aromatic carbocycles. The maximum Gasteiger partial charge on any atom is 0.341 e. The van der Waals surface area contributed by atoms with Crippen molar-refractivity contribution in [3.05, 3.63) is 23.8 Å². The second-order valence-corrected chi connectivity index (χ2v) is 4.38. The van der Waals surface area contributed by atoms with Gasteiger partial charge in [-0.05, 0) is 25.0 Å². The SMILES string of the molecule is COC(=O)c1ccc(N2CCCCC2=O)cc1OC. The van der Waals surface area contributed by atoms with Crippen molar-refractivity contribution in [3.63, 3.8) is 0 Å². The van der Waals surface area contributed by atoms with E-state index in [4.69, 9.17) is 4.74 Å². The summed E-state index contributed by atoms with van der Waals surface area (Å²) in [6, 6.07) is 5.08. The van der Waals surface area contributed by atoms with Gasteiger partial charge in [-0.15, -0.1) is 0 Å². The second-order valence-electron chi connectivity index (χ2n) is 4.38. The third-order valence-corrected chi connectivity index (χ3v) is 3.23. The molecule has 0 bridgehead atoms. The number of anilines is 1. The molecule has 5 heteroatoms. The van der Waals surface area contributed by atoms with Crippen LogP contribution in [0.15, 0.2) is 18.2 Å². The Bertz CT molecular complexity index is 498. The van der Waals surface area contributed by atoms with Crippen LogP contribution in [-0.2, 0) is 9.53 Å². The highest BCUT2D eigenvalue weighted by Crippen LogP contribution is 2.28. The van der Waals surface area contributed by atoms with Crippen molar-refractivity contribution in [1.29, 1.82) is 0 Å². The topological polar surface area (TPSA) is 55.8 Å². The number of rotatable bonds is 3. The first-order chi connectivity index (χ1) is 9.17. The summed E-state index contributed by atoms with van der Waals surface area (Å²) in [4.78, 5) is 25.2. The predicted octanol–water partition coefficient (Wildman–Crippen LogP) is 2.00. The number of nitrogens with zero attached hydrogens (tertiary/aromatic N) is 1. The van der Waals surface area contributed by atoms with Gasteiger partial charge in [0.05, 0.1) is 14.2 Å². The lowest BCUT2D eigenvalue weighted by Crippen LogP contribution is -2.35. The zero-order chi connectivity index (χ0) is 13.8. The standard InChI is InChI=1S/C14H17NO4/c1-18-12-9-10(6-7-11(12)14(17)19-2)15-8-4-3-5-13(15)16/h6-7,9H,3-5,8H2,1-2H3. The molecular weight excluding hydrogens is 246 g/mol. The Kier molecular flexibility index (Phi) is 4.04. The molecule has 5 nitrogen and oxygen atoms in total. The third kappa shape index (κ3) is 2.70. The second kappa shape index (κ2) is 5.73. The molecule has 0 N–H and O–H groups in total. The quantitative estimate of drug-likeness (QED) is 0.783. The lowest BCUT2D eigenvalue weighted by atomic mass is 10.1. The van der Waals surface area contributed by atoms with Gasteiger partial charge in [0, 0.05) is 24.7 Å². The van der Waals surface area contributed by atoms with Crippen molar-refractivity contribution in [2.75, 3.05) is 25.7 Å². The molecule has 1 saturated heterocycles. The molecule has 1 aromatic rings. The summed E-state index contributed by atoms with van der Waals surface area (Å²) in [5, 5.41) is 0. The number of esters is 1. The fraction of sp³-hybridized carbons (Fsp3) is 0.429. The molecule has 0 unspecified atom stereocenters. The van der Waals surface area contributed by atoms with Crippen LogP contribution in [0.2, 0.25) is 0 Å². The van der Waals surface area contributed by atoms with E-state index in [1.54, 1.807) is 23.1 Å². The van der Waals surface area contributed by atoms with E-state index in [1.165, 1.54) is 14.2 Å². The first-order valence-corrected chi connectivity index (χ1v) is 6.24. The molecular formula is C14H17NO4. The summed E-state index contributed by atoms with van der Waals surface area (Å²) in [5.74, 6) is 0.0789. The van der Waals surface area contributed by atoms with Crippen molar-refractivity contribution >= 4 is 17.6 Å². The number of hydrogen-bond acceptors (Lipinski definition) is 4. The molecule has 2 rings (SSSR count). The van der Waals surface area contributed by atoms with Gasteiger partial charge in [-0.25, -0.2) is 4.79 Å². The number of piperidine rings is 1. The maximum absolute atomic E-state index is 11.9. The molecule has 0 saturated carbocycles. The smallest absolute Gasteiger partial charge is 0.341 e. The van der Waals surface area contributed by atoms with Crippen molar-refractivity contribution in [1.82, 2.24) is 0 Å². The number of carbonyl (C=O) groups is 2. The van der Waals surface area contributed by atoms with Gasteiger partial charge >= 0.3 is 5.97 Å². The Balaban J connectivity index is 2.33. The molecule has 1 fully saturated rings. The molecule has 1 heterocycles. The number of carbonyl (C=O) groups excluding carboxylic acids is 2. The Morgan fingerprint density at radius 3 is 2.68 bits per heavy atom. The fourth-order valence-corrected chi connectivity index (χ4v) is 2.21. The van der Waals surface area contributed by atoms with Crippen LogP contribution in [0.3, 0.4) is 0 Å². The minimum absolute atomic E-state index is 0.110.